The maximum absolute atomic E-state index is 14.4. The Morgan fingerprint density at radius 2 is 1.14 bits per heavy atom. The molecule has 0 aliphatic rings. The molecule has 4 rings (SSSR count). The van der Waals surface area contributed by atoms with Crippen molar-refractivity contribution < 1.29 is 9.67 Å². The highest BCUT2D eigenvalue weighted by molar-refractivity contribution is 7.73. The van der Waals surface area contributed by atoms with Crippen LogP contribution in [0.25, 0.3) is 32.7 Å². The fourth-order valence-corrected chi connectivity index (χ4v) is 7.68. The minimum absolute atomic E-state index is 0.0135. The summed E-state index contributed by atoms with van der Waals surface area (Å²) in [6.45, 7) is 8.18. The zero-order valence-electron chi connectivity index (χ0n) is 17.4. The van der Waals surface area contributed by atoms with Crippen molar-refractivity contribution >= 4 is 34.0 Å². The van der Waals surface area contributed by atoms with Crippen LogP contribution in [-0.4, -0.2) is 16.4 Å². The van der Waals surface area contributed by atoms with Crippen LogP contribution in [-0.2, 0) is 4.57 Å². The van der Waals surface area contributed by atoms with E-state index in [9.17, 15) is 9.67 Å². The van der Waals surface area contributed by atoms with Crippen molar-refractivity contribution in [2.75, 3.05) is 0 Å². The molecule has 29 heavy (non-hydrogen) atoms. The first-order valence-corrected chi connectivity index (χ1v) is 12.0. The van der Waals surface area contributed by atoms with Gasteiger partial charge in [0.15, 0.2) is 0 Å². The van der Waals surface area contributed by atoms with Crippen LogP contribution in [0.3, 0.4) is 0 Å². The van der Waals surface area contributed by atoms with Gasteiger partial charge in [-0.05, 0) is 27.6 Å². The van der Waals surface area contributed by atoms with Crippen LogP contribution in [0.5, 0.6) is 5.75 Å². The van der Waals surface area contributed by atoms with E-state index in [1.54, 1.807) is 6.07 Å². The van der Waals surface area contributed by atoms with Gasteiger partial charge in [-0.1, -0.05) is 94.4 Å². The van der Waals surface area contributed by atoms with Crippen molar-refractivity contribution in [1.29, 1.82) is 0 Å². The van der Waals surface area contributed by atoms with Gasteiger partial charge in [0.1, 0.15) is 12.9 Å². The molecule has 2 nitrogen and oxygen atoms in total. The Labute approximate surface area is 172 Å². The summed E-state index contributed by atoms with van der Waals surface area (Å²) in [7, 11) is -2.73. The Kier molecular flexibility index (Phi) is 5.00. The standard InChI is InChI=1S/C26H27O2P/c1-17(2)29(28,18(3)4)24-16-14-20-10-6-8-12-22(20)26(24)25-21-11-7-5-9-19(21)13-15-23(25)27/h5-18,27H,1-4H3. The van der Waals surface area contributed by atoms with Gasteiger partial charge in [0.25, 0.3) is 0 Å². The smallest absolute Gasteiger partial charge is 0.124 e. The summed E-state index contributed by atoms with van der Waals surface area (Å²) >= 11 is 0. The molecular weight excluding hydrogens is 375 g/mol. The summed E-state index contributed by atoms with van der Waals surface area (Å²) in [5, 5.41) is 16.0. The largest absolute Gasteiger partial charge is 0.507 e. The second kappa shape index (κ2) is 7.35. The number of hydrogen-bond acceptors (Lipinski definition) is 2. The maximum atomic E-state index is 14.4. The molecule has 148 valence electrons. The van der Waals surface area contributed by atoms with E-state index in [4.69, 9.17) is 0 Å². The van der Waals surface area contributed by atoms with E-state index in [0.717, 1.165) is 38.0 Å². The van der Waals surface area contributed by atoms with Crippen molar-refractivity contribution in [1.82, 2.24) is 0 Å². The summed E-state index contributed by atoms with van der Waals surface area (Å²) in [6.07, 6.45) is 0. The lowest BCUT2D eigenvalue weighted by Gasteiger charge is -2.30. The van der Waals surface area contributed by atoms with Gasteiger partial charge in [-0.15, -0.1) is 0 Å². The third-order valence-corrected chi connectivity index (χ3v) is 10.2. The van der Waals surface area contributed by atoms with Gasteiger partial charge in [0.2, 0.25) is 0 Å². The van der Waals surface area contributed by atoms with E-state index in [-0.39, 0.29) is 17.1 Å². The molecule has 1 N–H and O–H groups in total. The fourth-order valence-electron chi connectivity index (χ4n) is 4.49. The Morgan fingerprint density at radius 1 is 0.655 bits per heavy atom. The number of benzene rings is 4. The summed E-state index contributed by atoms with van der Waals surface area (Å²) in [5.41, 5.74) is 1.71. The first kappa shape index (κ1) is 19.7. The van der Waals surface area contributed by atoms with Gasteiger partial charge < -0.3 is 9.67 Å². The molecule has 3 heteroatoms. The summed E-state index contributed by atoms with van der Waals surface area (Å²) in [4.78, 5) is 0. The van der Waals surface area contributed by atoms with Crippen LogP contribution in [0.15, 0.2) is 72.8 Å². The van der Waals surface area contributed by atoms with Crippen LogP contribution in [0.1, 0.15) is 27.7 Å². The van der Waals surface area contributed by atoms with E-state index >= 15 is 0 Å². The molecule has 0 radical (unpaired) electrons. The fraction of sp³-hybridized carbons (Fsp3) is 0.231. The highest BCUT2D eigenvalue weighted by atomic mass is 31.2. The number of phenolic OH excluding ortho intramolecular Hbond substituents is 1. The van der Waals surface area contributed by atoms with Gasteiger partial charge in [-0.3, -0.25) is 0 Å². The normalized spacial score (nSPS) is 12.3. The predicted octanol–water partition coefficient (Wildman–Crippen LogP) is 7.17. The van der Waals surface area contributed by atoms with Crippen LogP contribution < -0.4 is 5.30 Å². The topological polar surface area (TPSA) is 37.3 Å². The molecule has 0 aliphatic heterocycles. The second-order valence-electron chi connectivity index (χ2n) is 8.26. The first-order valence-electron chi connectivity index (χ1n) is 10.2. The van der Waals surface area contributed by atoms with E-state index in [0.29, 0.717) is 0 Å². The van der Waals surface area contributed by atoms with Crippen molar-refractivity contribution in [2.24, 2.45) is 0 Å². The molecule has 0 atom stereocenters. The zero-order chi connectivity index (χ0) is 20.8. The van der Waals surface area contributed by atoms with Crippen LogP contribution in [0, 0.1) is 0 Å². The van der Waals surface area contributed by atoms with Gasteiger partial charge >= 0.3 is 0 Å². The number of rotatable bonds is 4. The lowest BCUT2D eigenvalue weighted by atomic mass is 9.93. The quantitative estimate of drug-likeness (QED) is 0.367. The molecule has 0 unspecified atom stereocenters. The third-order valence-electron chi connectivity index (χ3n) is 5.97. The predicted molar refractivity (Wildman–Crippen MR) is 126 cm³/mol. The van der Waals surface area contributed by atoms with E-state index in [2.05, 4.69) is 18.2 Å². The summed E-state index contributed by atoms with van der Waals surface area (Å²) in [5.74, 6) is 0.223. The number of hydrogen-bond donors (Lipinski definition) is 1. The average Bonchev–Trinajstić information content (AvgIpc) is 2.72. The number of phenols is 1. The highest BCUT2D eigenvalue weighted by Gasteiger charge is 2.36. The Balaban J connectivity index is 2.24. The molecule has 0 aromatic heterocycles. The average molecular weight is 402 g/mol. The molecule has 4 aromatic carbocycles. The molecule has 0 aliphatic carbocycles. The Bertz CT molecular complexity index is 1240. The van der Waals surface area contributed by atoms with Gasteiger partial charge in [0, 0.05) is 27.7 Å². The zero-order valence-corrected chi connectivity index (χ0v) is 18.3. The third kappa shape index (κ3) is 3.07. The SMILES string of the molecule is CC(C)P(=O)(c1ccc2ccccc2c1-c1c(O)ccc2ccccc12)C(C)C. The van der Waals surface area contributed by atoms with Crippen molar-refractivity contribution in [2.45, 2.75) is 39.0 Å². The molecule has 0 saturated heterocycles. The first-order chi connectivity index (χ1) is 13.9. The molecule has 4 aromatic rings. The van der Waals surface area contributed by atoms with Gasteiger partial charge in [-0.25, -0.2) is 0 Å². The van der Waals surface area contributed by atoms with E-state index in [1.165, 1.54) is 0 Å². The summed E-state index contributed by atoms with van der Waals surface area (Å²) in [6, 6.07) is 24.0. The molecule has 0 fully saturated rings. The van der Waals surface area contributed by atoms with Crippen molar-refractivity contribution in [3.05, 3.63) is 72.8 Å². The Hall–Kier alpha value is -2.57. The highest BCUT2D eigenvalue weighted by Crippen LogP contribution is 2.57. The monoisotopic (exact) mass is 402 g/mol. The number of fused-ring (bicyclic) bond motifs is 2. The molecule has 0 spiro atoms. The Morgan fingerprint density at radius 3 is 1.69 bits per heavy atom. The van der Waals surface area contributed by atoms with Crippen LogP contribution in [0.4, 0.5) is 0 Å². The molecular formula is C26H27O2P. The van der Waals surface area contributed by atoms with Crippen molar-refractivity contribution in [3.8, 4) is 16.9 Å². The number of aromatic hydroxyl groups is 1. The minimum Gasteiger partial charge on any atom is -0.507 e. The molecule has 0 heterocycles. The molecule has 0 saturated carbocycles. The van der Waals surface area contributed by atoms with E-state index in [1.807, 2.05) is 76.2 Å². The van der Waals surface area contributed by atoms with Crippen LogP contribution in [0.2, 0.25) is 0 Å². The molecule has 0 amide bonds. The van der Waals surface area contributed by atoms with E-state index < -0.39 is 7.14 Å². The van der Waals surface area contributed by atoms with Gasteiger partial charge in [0.05, 0.1) is 0 Å². The summed E-state index contributed by atoms with van der Waals surface area (Å²) < 4.78 is 14.4. The maximum Gasteiger partial charge on any atom is 0.124 e. The van der Waals surface area contributed by atoms with Crippen LogP contribution >= 0.6 is 7.14 Å². The minimum atomic E-state index is -2.73. The second-order valence-corrected chi connectivity index (χ2v) is 12.2. The van der Waals surface area contributed by atoms with Crippen molar-refractivity contribution in [3.63, 3.8) is 0 Å². The lowest BCUT2D eigenvalue weighted by Crippen LogP contribution is -2.21. The van der Waals surface area contributed by atoms with Gasteiger partial charge in [-0.2, -0.15) is 0 Å². The molecule has 0 bridgehead atoms. The lowest BCUT2D eigenvalue weighted by molar-refractivity contribution is 0.478.